The van der Waals surface area contributed by atoms with E-state index in [0.29, 0.717) is 37.6 Å². The molecule has 1 aromatic carbocycles. The number of aromatic nitrogens is 1. The van der Waals surface area contributed by atoms with Gasteiger partial charge in [-0.1, -0.05) is 30.3 Å². The number of pyridine rings is 1. The van der Waals surface area contributed by atoms with Gasteiger partial charge in [0.05, 0.1) is 18.0 Å². The fraction of sp³-hybridized carbons (Fsp3) is 0.273. The molecule has 0 saturated heterocycles. The first-order valence-electron chi connectivity index (χ1n) is 10.1. The van der Waals surface area contributed by atoms with Crippen LogP contribution in [-0.2, 0) is 14.8 Å². The number of nitrogens with zero attached hydrogens (tertiary/aromatic N) is 3. The maximum atomic E-state index is 13.1. The molecule has 0 spiro atoms. The van der Waals surface area contributed by atoms with Crippen LogP contribution in [0.1, 0.15) is 5.56 Å². The number of rotatable bonds is 4. The Morgan fingerprint density at radius 1 is 1.03 bits per heavy atom. The zero-order valence-corrected chi connectivity index (χ0v) is 17.9. The number of amides is 1. The molecule has 10 heteroatoms. The average molecular weight is 455 g/mol. The summed E-state index contributed by atoms with van der Waals surface area (Å²) in [7, 11) is -3.78. The molecule has 4 heterocycles. The van der Waals surface area contributed by atoms with Gasteiger partial charge in [0.2, 0.25) is 10.0 Å². The van der Waals surface area contributed by atoms with Gasteiger partial charge in [-0.25, -0.2) is 13.4 Å². The van der Waals surface area contributed by atoms with E-state index in [-0.39, 0.29) is 35.3 Å². The molecule has 1 amide bonds. The number of benzene rings is 1. The normalized spacial score (nSPS) is 18.8. The van der Waals surface area contributed by atoms with Crippen LogP contribution < -0.4 is 9.47 Å². The van der Waals surface area contributed by atoms with Crippen molar-refractivity contribution in [3.63, 3.8) is 0 Å². The number of hydrogen-bond acceptors (Lipinski definition) is 7. The van der Waals surface area contributed by atoms with Crippen LogP contribution in [0.2, 0.25) is 0 Å². The molecule has 5 rings (SSSR count). The highest BCUT2D eigenvalue weighted by atomic mass is 32.2. The highest BCUT2D eigenvalue weighted by Gasteiger charge is 2.38. The van der Waals surface area contributed by atoms with Crippen molar-refractivity contribution in [2.24, 2.45) is 0 Å². The Bertz CT molecular complexity index is 1220. The number of fused-ring (bicyclic) bond motifs is 1. The number of aliphatic hydroxyl groups is 1. The van der Waals surface area contributed by atoms with Gasteiger partial charge < -0.3 is 19.5 Å². The largest absolute Gasteiger partial charge is 0.515 e. The molecule has 0 bridgehead atoms. The van der Waals surface area contributed by atoms with E-state index in [0.717, 1.165) is 17.4 Å². The molecule has 166 valence electrons. The van der Waals surface area contributed by atoms with E-state index < -0.39 is 10.0 Å². The SMILES string of the molecule is O=C(/C(=C/O)c1ccccc1)N1CC2=C(C1)CN(S(=O)(=O)c1cnc3c(c1)OCCO3)C2. The summed E-state index contributed by atoms with van der Waals surface area (Å²) in [5.74, 6) is 0.314. The van der Waals surface area contributed by atoms with Crippen LogP contribution in [0.25, 0.3) is 5.57 Å². The maximum Gasteiger partial charge on any atom is 0.258 e. The highest BCUT2D eigenvalue weighted by molar-refractivity contribution is 7.89. The summed E-state index contributed by atoms with van der Waals surface area (Å²) in [5.41, 5.74) is 2.64. The van der Waals surface area contributed by atoms with E-state index >= 15 is 0 Å². The van der Waals surface area contributed by atoms with Crippen molar-refractivity contribution in [2.45, 2.75) is 4.90 Å². The minimum atomic E-state index is -3.78. The molecule has 3 aliphatic heterocycles. The molecule has 0 fully saturated rings. The van der Waals surface area contributed by atoms with Gasteiger partial charge >= 0.3 is 0 Å². The van der Waals surface area contributed by atoms with Gasteiger partial charge in [-0.05, 0) is 16.7 Å². The third kappa shape index (κ3) is 3.51. The molecule has 0 aliphatic carbocycles. The summed E-state index contributed by atoms with van der Waals surface area (Å²) in [6, 6.07) is 10.4. The summed E-state index contributed by atoms with van der Waals surface area (Å²) < 4.78 is 38.5. The first-order valence-corrected chi connectivity index (χ1v) is 11.6. The summed E-state index contributed by atoms with van der Waals surface area (Å²) in [5, 5.41) is 9.64. The molecular weight excluding hydrogens is 434 g/mol. The van der Waals surface area contributed by atoms with Gasteiger partial charge in [-0.3, -0.25) is 4.79 Å². The lowest BCUT2D eigenvalue weighted by Gasteiger charge is -2.24. The predicted octanol–water partition coefficient (Wildman–Crippen LogP) is 1.60. The zero-order chi connectivity index (χ0) is 22.3. The Labute approximate surface area is 185 Å². The zero-order valence-electron chi connectivity index (χ0n) is 17.1. The Morgan fingerprint density at radius 2 is 1.72 bits per heavy atom. The molecule has 3 aliphatic rings. The number of aliphatic hydroxyl groups excluding tert-OH is 1. The summed E-state index contributed by atoms with van der Waals surface area (Å²) in [6.45, 7) is 1.78. The first-order chi connectivity index (χ1) is 15.5. The minimum absolute atomic E-state index is 0.0467. The fourth-order valence-electron chi connectivity index (χ4n) is 4.11. The van der Waals surface area contributed by atoms with Crippen LogP contribution in [0.15, 0.2) is 64.9 Å². The smallest absolute Gasteiger partial charge is 0.258 e. The van der Waals surface area contributed by atoms with Crippen molar-refractivity contribution in [2.75, 3.05) is 39.4 Å². The molecule has 0 radical (unpaired) electrons. The van der Waals surface area contributed by atoms with Crippen LogP contribution in [-0.4, -0.2) is 73.0 Å². The number of carbonyl (C=O) groups excluding carboxylic acids is 1. The maximum absolute atomic E-state index is 13.1. The van der Waals surface area contributed by atoms with Crippen LogP contribution in [0, 0.1) is 0 Å². The second-order valence-corrected chi connectivity index (χ2v) is 9.66. The first kappa shape index (κ1) is 20.5. The highest BCUT2D eigenvalue weighted by Crippen LogP contribution is 2.34. The number of carbonyl (C=O) groups is 1. The second-order valence-electron chi connectivity index (χ2n) is 7.72. The lowest BCUT2D eigenvalue weighted by atomic mass is 10.1. The van der Waals surface area contributed by atoms with Crippen molar-refractivity contribution in [3.05, 3.63) is 65.6 Å². The van der Waals surface area contributed by atoms with E-state index in [9.17, 15) is 18.3 Å². The van der Waals surface area contributed by atoms with Crippen LogP contribution >= 0.6 is 0 Å². The summed E-state index contributed by atoms with van der Waals surface area (Å²) in [6.07, 6.45) is 2.10. The quantitative estimate of drug-likeness (QED) is 0.424. The lowest BCUT2D eigenvalue weighted by Crippen LogP contribution is -2.36. The monoisotopic (exact) mass is 455 g/mol. The minimum Gasteiger partial charge on any atom is -0.515 e. The van der Waals surface area contributed by atoms with Crippen LogP contribution in [0.3, 0.4) is 0 Å². The van der Waals surface area contributed by atoms with Gasteiger partial charge in [0.25, 0.3) is 11.8 Å². The number of hydrogen-bond donors (Lipinski definition) is 1. The van der Waals surface area contributed by atoms with Crippen molar-refractivity contribution in [1.29, 1.82) is 0 Å². The van der Waals surface area contributed by atoms with Gasteiger partial charge in [0.1, 0.15) is 18.1 Å². The standard InChI is InChI=1S/C22H21N3O6S/c26-14-19(15-4-2-1-3-5-15)22(27)24-10-16-12-25(13-17(16)11-24)32(28,29)18-8-20-21(23-9-18)31-7-6-30-20/h1-5,8-9,14,26H,6-7,10-13H2/b19-14+. The molecule has 0 atom stereocenters. The Balaban J connectivity index is 1.28. The van der Waals surface area contributed by atoms with E-state index in [2.05, 4.69) is 4.98 Å². The second kappa shape index (κ2) is 7.95. The van der Waals surface area contributed by atoms with E-state index in [4.69, 9.17) is 9.47 Å². The van der Waals surface area contributed by atoms with E-state index in [1.165, 1.54) is 16.6 Å². The van der Waals surface area contributed by atoms with Crippen LogP contribution in [0.5, 0.6) is 11.6 Å². The molecule has 9 nitrogen and oxygen atoms in total. The van der Waals surface area contributed by atoms with Crippen molar-refractivity contribution in [1.82, 2.24) is 14.2 Å². The van der Waals surface area contributed by atoms with Gasteiger partial charge in [-0.15, -0.1) is 0 Å². The molecular formula is C22H21N3O6S. The molecule has 1 N–H and O–H groups in total. The fourth-order valence-corrected chi connectivity index (χ4v) is 5.50. The van der Waals surface area contributed by atoms with E-state index in [1.807, 2.05) is 6.07 Å². The summed E-state index contributed by atoms with van der Waals surface area (Å²) >= 11 is 0. The van der Waals surface area contributed by atoms with Gasteiger partial charge in [0.15, 0.2) is 5.75 Å². The van der Waals surface area contributed by atoms with Crippen molar-refractivity contribution < 1.29 is 27.8 Å². The van der Waals surface area contributed by atoms with Gasteiger partial charge in [-0.2, -0.15) is 4.31 Å². The molecule has 0 unspecified atom stereocenters. The van der Waals surface area contributed by atoms with Crippen molar-refractivity contribution >= 4 is 21.5 Å². The number of sulfonamides is 1. The Morgan fingerprint density at radius 3 is 2.41 bits per heavy atom. The third-order valence-electron chi connectivity index (χ3n) is 5.74. The average Bonchev–Trinajstić information content (AvgIpc) is 3.40. The van der Waals surface area contributed by atoms with Crippen molar-refractivity contribution in [3.8, 4) is 11.6 Å². The Kier molecular flexibility index (Phi) is 5.10. The van der Waals surface area contributed by atoms with E-state index in [1.54, 1.807) is 29.2 Å². The number of ether oxygens (including phenoxy) is 2. The molecule has 32 heavy (non-hydrogen) atoms. The van der Waals surface area contributed by atoms with Gasteiger partial charge in [0, 0.05) is 32.2 Å². The lowest BCUT2D eigenvalue weighted by molar-refractivity contribution is -0.124. The topological polar surface area (TPSA) is 109 Å². The van der Waals surface area contributed by atoms with Crippen LogP contribution in [0.4, 0.5) is 0 Å². The molecule has 0 saturated carbocycles. The Hall–Kier alpha value is -3.37. The molecule has 2 aromatic rings. The summed E-state index contributed by atoms with van der Waals surface area (Å²) in [4.78, 5) is 18.7. The molecule has 1 aromatic heterocycles. The predicted molar refractivity (Wildman–Crippen MR) is 115 cm³/mol. The third-order valence-corrected chi connectivity index (χ3v) is 7.50.